The summed E-state index contributed by atoms with van der Waals surface area (Å²) < 4.78 is 5.57. The fourth-order valence-corrected chi connectivity index (χ4v) is 1.90. The number of hydrogen-bond donors (Lipinski definition) is 1. The third-order valence-electron chi connectivity index (χ3n) is 3.25. The number of ether oxygens (including phenoxy) is 1. The van der Waals surface area contributed by atoms with Crippen LogP contribution >= 0.6 is 0 Å². The molecule has 0 atom stereocenters. The van der Waals surface area contributed by atoms with Gasteiger partial charge in [-0.05, 0) is 25.9 Å². The summed E-state index contributed by atoms with van der Waals surface area (Å²) in [6, 6.07) is 1.42. The summed E-state index contributed by atoms with van der Waals surface area (Å²) in [6.07, 6.45) is 2.23. The van der Waals surface area contributed by atoms with Crippen molar-refractivity contribution in [3.05, 3.63) is 22.2 Å². The molecule has 100 valence electrons. The maximum absolute atomic E-state index is 11.5. The molecule has 1 aliphatic rings. The van der Waals surface area contributed by atoms with Crippen LogP contribution in [-0.2, 0) is 0 Å². The van der Waals surface area contributed by atoms with Gasteiger partial charge in [0.15, 0.2) is 0 Å². The van der Waals surface area contributed by atoms with E-state index in [2.05, 4.69) is 28.7 Å². The van der Waals surface area contributed by atoms with Crippen molar-refractivity contribution < 1.29 is 4.74 Å². The van der Waals surface area contributed by atoms with Gasteiger partial charge in [-0.25, -0.2) is 0 Å². The molecular weight excluding hydrogens is 230 g/mol. The van der Waals surface area contributed by atoms with Crippen LogP contribution in [0.1, 0.15) is 38.4 Å². The molecule has 0 aromatic carbocycles. The highest BCUT2D eigenvalue weighted by Crippen LogP contribution is 2.37. The summed E-state index contributed by atoms with van der Waals surface area (Å²) in [5.74, 6) is 1.66. The first kappa shape index (κ1) is 13.1. The summed E-state index contributed by atoms with van der Waals surface area (Å²) in [5.41, 5.74) is -0.121. The molecule has 0 unspecified atom stereocenters. The van der Waals surface area contributed by atoms with Crippen molar-refractivity contribution in [2.45, 2.75) is 32.6 Å². The molecule has 0 bridgehead atoms. The van der Waals surface area contributed by atoms with Gasteiger partial charge in [0.05, 0.1) is 6.07 Å². The van der Waals surface area contributed by atoms with Crippen molar-refractivity contribution >= 4 is 0 Å². The summed E-state index contributed by atoms with van der Waals surface area (Å²) >= 11 is 0. The van der Waals surface area contributed by atoms with E-state index < -0.39 is 0 Å². The number of rotatable bonds is 7. The minimum atomic E-state index is -0.121. The van der Waals surface area contributed by atoms with Crippen molar-refractivity contribution in [2.75, 3.05) is 26.2 Å². The first-order chi connectivity index (χ1) is 8.72. The summed E-state index contributed by atoms with van der Waals surface area (Å²) in [7, 11) is 0. The molecule has 1 heterocycles. The molecule has 5 nitrogen and oxygen atoms in total. The maximum atomic E-state index is 11.5. The number of nitrogens with one attached hydrogen (secondary N) is 1. The second-order valence-electron chi connectivity index (χ2n) is 4.62. The van der Waals surface area contributed by atoms with Crippen molar-refractivity contribution in [3.8, 4) is 5.88 Å². The Morgan fingerprint density at radius 3 is 2.78 bits per heavy atom. The molecule has 1 fully saturated rings. The third kappa shape index (κ3) is 3.57. The van der Waals surface area contributed by atoms with E-state index in [1.54, 1.807) is 0 Å². The normalized spacial score (nSPS) is 15.1. The van der Waals surface area contributed by atoms with Gasteiger partial charge < -0.3 is 14.6 Å². The first-order valence-corrected chi connectivity index (χ1v) is 6.69. The van der Waals surface area contributed by atoms with E-state index in [-0.39, 0.29) is 5.56 Å². The van der Waals surface area contributed by atoms with Crippen LogP contribution < -0.4 is 10.3 Å². The molecule has 0 saturated heterocycles. The van der Waals surface area contributed by atoms with E-state index in [9.17, 15) is 4.79 Å². The lowest BCUT2D eigenvalue weighted by molar-refractivity contribution is 0.217. The van der Waals surface area contributed by atoms with E-state index in [0.717, 1.165) is 38.3 Å². The van der Waals surface area contributed by atoms with E-state index in [0.29, 0.717) is 18.4 Å². The molecule has 18 heavy (non-hydrogen) atoms. The van der Waals surface area contributed by atoms with E-state index >= 15 is 0 Å². The second kappa shape index (κ2) is 6.00. The van der Waals surface area contributed by atoms with Crippen LogP contribution in [0.25, 0.3) is 0 Å². The molecule has 1 aromatic heterocycles. The number of hydrogen-bond acceptors (Lipinski definition) is 4. The highest BCUT2D eigenvalue weighted by Gasteiger charge is 2.26. The first-order valence-electron chi connectivity index (χ1n) is 6.69. The Hall–Kier alpha value is -1.36. The zero-order valence-electron chi connectivity index (χ0n) is 11.1. The Bertz CT molecular complexity index is 436. The Balaban J connectivity index is 1.90. The van der Waals surface area contributed by atoms with Crippen LogP contribution in [0.2, 0.25) is 0 Å². The molecule has 0 aliphatic heterocycles. The number of aromatic amines is 1. The molecule has 1 saturated carbocycles. The minimum Gasteiger partial charge on any atom is -0.476 e. The zero-order valence-corrected chi connectivity index (χ0v) is 11.1. The van der Waals surface area contributed by atoms with Crippen molar-refractivity contribution in [2.24, 2.45) is 0 Å². The molecule has 1 aromatic rings. The van der Waals surface area contributed by atoms with E-state index in [1.807, 2.05) is 0 Å². The van der Waals surface area contributed by atoms with Crippen LogP contribution in [0, 0.1) is 0 Å². The SMILES string of the molecule is CCN(CC)CCOc1cc(=O)[nH]c(C2CC2)n1. The van der Waals surface area contributed by atoms with Gasteiger partial charge in [0, 0.05) is 12.5 Å². The fourth-order valence-electron chi connectivity index (χ4n) is 1.90. The molecule has 0 radical (unpaired) electrons. The zero-order chi connectivity index (χ0) is 13.0. The summed E-state index contributed by atoms with van der Waals surface area (Å²) in [5, 5.41) is 0. The monoisotopic (exact) mass is 251 g/mol. The van der Waals surface area contributed by atoms with Gasteiger partial charge in [0.1, 0.15) is 12.4 Å². The topological polar surface area (TPSA) is 58.2 Å². The second-order valence-corrected chi connectivity index (χ2v) is 4.62. The van der Waals surface area contributed by atoms with Crippen LogP contribution in [0.5, 0.6) is 5.88 Å². The van der Waals surface area contributed by atoms with Gasteiger partial charge in [-0.2, -0.15) is 4.98 Å². The third-order valence-corrected chi connectivity index (χ3v) is 3.25. The molecule has 2 rings (SSSR count). The molecule has 0 spiro atoms. The maximum Gasteiger partial charge on any atom is 0.254 e. The summed E-state index contributed by atoms with van der Waals surface area (Å²) in [6.45, 7) is 7.70. The van der Waals surface area contributed by atoms with E-state index in [1.165, 1.54) is 6.07 Å². The number of aromatic nitrogens is 2. The lowest BCUT2D eigenvalue weighted by Crippen LogP contribution is -2.28. The Morgan fingerprint density at radius 2 is 2.17 bits per heavy atom. The quantitative estimate of drug-likeness (QED) is 0.795. The van der Waals surface area contributed by atoms with Crippen LogP contribution in [-0.4, -0.2) is 41.1 Å². The van der Waals surface area contributed by atoms with Crippen molar-refractivity contribution in [1.29, 1.82) is 0 Å². The van der Waals surface area contributed by atoms with Crippen molar-refractivity contribution in [3.63, 3.8) is 0 Å². The molecule has 0 amide bonds. The molecule has 1 N–H and O–H groups in total. The van der Waals surface area contributed by atoms with Gasteiger partial charge in [0.25, 0.3) is 5.56 Å². The van der Waals surface area contributed by atoms with Gasteiger partial charge in [0.2, 0.25) is 5.88 Å². The lowest BCUT2D eigenvalue weighted by atomic mass is 10.4. The number of likely N-dealkylation sites (N-methyl/N-ethyl adjacent to an activating group) is 1. The highest BCUT2D eigenvalue weighted by molar-refractivity contribution is 5.14. The fraction of sp³-hybridized carbons (Fsp3) is 0.692. The lowest BCUT2D eigenvalue weighted by Gasteiger charge is -2.17. The largest absolute Gasteiger partial charge is 0.476 e. The molecular formula is C13H21N3O2. The van der Waals surface area contributed by atoms with Crippen LogP contribution in [0.15, 0.2) is 10.9 Å². The number of nitrogens with zero attached hydrogens (tertiary/aromatic N) is 2. The predicted molar refractivity (Wildman–Crippen MR) is 70.1 cm³/mol. The number of H-pyrrole nitrogens is 1. The van der Waals surface area contributed by atoms with Crippen LogP contribution in [0.4, 0.5) is 0 Å². The highest BCUT2D eigenvalue weighted by atomic mass is 16.5. The van der Waals surface area contributed by atoms with Crippen molar-refractivity contribution in [1.82, 2.24) is 14.9 Å². The minimum absolute atomic E-state index is 0.121. The summed E-state index contributed by atoms with van der Waals surface area (Å²) in [4.78, 5) is 20.9. The van der Waals surface area contributed by atoms with Gasteiger partial charge in [-0.1, -0.05) is 13.8 Å². The van der Waals surface area contributed by atoms with Gasteiger partial charge in [-0.3, -0.25) is 4.79 Å². The smallest absolute Gasteiger partial charge is 0.254 e. The van der Waals surface area contributed by atoms with Crippen LogP contribution in [0.3, 0.4) is 0 Å². The standard InChI is InChI=1S/C13H21N3O2/c1-3-16(4-2)7-8-18-12-9-11(17)14-13(15-12)10-5-6-10/h9-10H,3-8H2,1-2H3,(H,14,15,17). The van der Waals surface area contributed by atoms with Gasteiger partial charge >= 0.3 is 0 Å². The van der Waals surface area contributed by atoms with E-state index in [4.69, 9.17) is 4.74 Å². The Kier molecular flexibility index (Phi) is 4.36. The Labute approximate surface area is 107 Å². The van der Waals surface area contributed by atoms with Gasteiger partial charge in [-0.15, -0.1) is 0 Å². The average molecular weight is 251 g/mol. The average Bonchev–Trinajstić information content (AvgIpc) is 3.18. The predicted octanol–water partition coefficient (Wildman–Crippen LogP) is 1.37. The molecule has 5 heteroatoms. The molecule has 1 aliphatic carbocycles. The Morgan fingerprint density at radius 1 is 1.44 bits per heavy atom.